The molecule has 4 rings (SSSR count). The topological polar surface area (TPSA) is 0 Å². The third-order valence-electron chi connectivity index (χ3n) is 5.45. The molecule has 0 aromatic heterocycles. The van der Waals surface area contributed by atoms with Gasteiger partial charge in [0.05, 0.1) is 0 Å². The third-order valence-corrected chi connectivity index (χ3v) is 5.45. The first-order chi connectivity index (χ1) is 7.95. The Balaban J connectivity index is 1.85. The van der Waals surface area contributed by atoms with Crippen molar-refractivity contribution in [1.82, 2.24) is 0 Å². The van der Waals surface area contributed by atoms with Crippen molar-refractivity contribution in [3.8, 4) is 0 Å². The quantitative estimate of drug-likeness (QED) is 0.595. The molecule has 0 saturated heterocycles. The summed E-state index contributed by atoms with van der Waals surface area (Å²) in [6.07, 6.45) is 8.93. The molecule has 2 saturated carbocycles. The van der Waals surface area contributed by atoms with Crippen molar-refractivity contribution in [1.29, 1.82) is 0 Å². The Morgan fingerprint density at radius 3 is 1.88 bits per heavy atom. The molecule has 3 aliphatic rings. The summed E-state index contributed by atoms with van der Waals surface area (Å²) in [5.74, 6) is 3.95. The molecular weight excluding hydrogens is 192 g/mol. The first-order valence-electron chi connectivity index (χ1n) is 7.04. The zero-order chi connectivity index (χ0) is 10.5. The maximum Gasteiger partial charge on any atom is -0.0122 e. The van der Waals surface area contributed by atoms with E-state index < -0.39 is 0 Å². The third kappa shape index (κ3) is 1.11. The highest BCUT2D eigenvalue weighted by molar-refractivity contribution is 5.41. The average Bonchev–Trinajstić information content (AvgIpc) is 2.68. The normalized spacial score (nSPS) is 40.2. The average molecular weight is 212 g/mol. The maximum atomic E-state index is 2.42. The van der Waals surface area contributed by atoms with E-state index in [2.05, 4.69) is 24.3 Å². The summed E-state index contributed by atoms with van der Waals surface area (Å²) in [6, 6.07) is 9.33. The standard InChI is InChI=1S/C16H20/c1-2-8-13-12(7-1)14-9-3-5-11-6-4-10-15(13)16(11)14/h1-2,7-8,11,14-16H,3-6,9-10H2/t11?,14-,15-,16?/m1/s1. The summed E-state index contributed by atoms with van der Waals surface area (Å²) in [5.41, 5.74) is 3.45. The second kappa shape index (κ2) is 3.35. The highest BCUT2D eigenvalue weighted by Crippen LogP contribution is 2.59. The van der Waals surface area contributed by atoms with Crippen LogP contribution in [-0.2, 0) is 0 Å². The fourth-order valence-electron chi connectivity index (χ4n) is 4.96. The van der Waals surface area contributed by atoms with Crippen LogP contribution in [0.25, 0.3) is 0 Å². The van der Waals surface area contributed by atoms with Crippen LogP contribution in [0.2, 0.25) is 0 Å². The van der Waals surface area contributed by atoms with Crippen LogP contribution in [-0.4, -0.2) is 0 Å². The zero-order valence-electron chi connectivity index (χ0n) is 9.86. The minimum absolute atomic E-state index is 0.931. The van der Waals surface area contributed by atoms with Gasteiger partial charge in [-0.15, -0.1) is 0 Å². The van der Waals surface area contributed by atoms with E-state index in [1.807, 2.05) is 0 Å². The molecule has 1 aromatic carbocycles. The molecule has 2 fully saturated rings. The number of hydrogen-bond acceptors (Lipinski definition) is 0. The smallest absolute Gasteiger partial charge is 0.0122 e. The molecule has 2 atom stereocenters. The van der Waals surface area contributed by atoms with Crippen LogP contribution in [0.3, 0.4) is 0 Å². The highest BCUT2D eigenvalue weighted by atomic mass is 14.5. The van der Waals surface area contributed by atoms with Gasteiger partial charge in [0.15, 0.2) is 0 Å². The number of hydrogen-bond donors (Lipinski definition) is 0. The van der Waals surface area contributed by atoms with E-state index >= 15 is 0 Å². The largest absolute Gasteiger partial charge is 0.0620 e. The Bertz CT molecular complexity index is 369. The molecule has 0 unspecified atom stereocenters. The van der Waals surface area contributed by atoms with Crippen LogP contribution in [0.5, 0.6) is 0 Å². The van der Waals surface area contributed by atoms with Gasteiger partial charge in [0.1, 0.15) is 0 Å². The van der Waals surface area contributed by atoms with Crippen molar-refractivity contribution in [2.24, 2.45) is 11.8 Å². The summed E-state index contributed by atoms with van der Waals surface area (Å²) in [7, 11) is 0. The van der Waals surface area contributed by atoms with Gasteiger partial charge in [0.25, 0.3) is 0 Å². The van der Waals surface area contributed by atoms with E-state index in [4.69, 9.17) is 0 Å². The van der Waals surface area contributed by atoms with Crippen LogP contribution >= 0.6 is 0 Å². The van der Waals surface area contributed by atoms with Gasteiger partial charge in [0.2, 0.25) is 0 Å². The van der Waals surface area contributed by atoms with E-state index in [9.17, 15) is 0 Å². The van der Waals surface area contributed by atoms with E-state index in [-0.39, 0.29) is 0 Å². The number of rotatable bonds is 0. The monoisotopic (exact) mass is 212 g/mol. The van der Waals surface area contributed by atoms with Crippen molar-refractivity contribution >= 4 is 0 Å². The van der Waals surface area contributed by atoms with Gasteiger partial charge in [-0.2, -0.15) is 0 Å². The Morgan fingerprint density at radius 1 is 0.750 bits per heavy atom. The number of fused-ring (bicyclic) bond motifs is 3. The fourth-order valence-corrected chi connectivity index (χ4v) is 4.96. The predicted molar refractivity (Wildman–Crippen MR) is 66.6 cm³/mol. The molecule has 84 valence electrons. The van der Waals surface area contributed by atoms with Gasteiger partial charge < -0.3 is 0 Å². The van der Waals surface area contributed by atoms with Crippen LogP contribution in [0, 0.1) is 11.8 Å². The summed E-state index contributed by atoms with van der Waals surface area (Å²) >= 11 is 0. The summed E-state index contributed by atoms with van der Waals surface area (Å²) in [6.45, 7) is 0. The van der Waals surface area contributed by atoms with Crippen molar-refractivity contribution in [3.63, 3.8) is 0 Å². The molecular formula is C16H20. The SMILES string of the molecule is c1ccc2c(c1)[C@H]1CCCC3CCC[C@H]2C31. The van der Waals surface area contributed by atoms with Gasteiger partial charge in [-0.25, -0.2) is 0 Å². The van der Waals surface area contributed by atoms with Gasteiger partial charge in [-0.05, 0) is 47.6 Å². The van der Waals surface area contributed by atoms with Crippen molar-refractivity contribution < 1.29 is 0 Å². The summed E-state index contributed by atoms with van der Waals surface area (Å²) < 4.78 is 0. The molecule has 0 heterocycles. The molecule has 0 heteroatoms. The minimum Gasteiger partial charge on any atom is -0.0620 e. The Labute approximate surface area is 98.1 Å². The van der Waals surface area contributed by atoms with E-state index in [1.165, 1.54) is 38.5 Å². The van der Waals surface area contributed by atoms with Gasteiger partial charge in [-0.3, -0.25) is 0 Å². The molecule has 0 aliphatic heterocycles. The molecule has 0 N–H and O–H groups in total. The molecule has 0 amide bonds. The Hall–Kier alpha value is -0.780. The fraction of sp³-hybridized carbons (Fsp3) is 0.625. The van der Waals surface area contributed by atoms with Crippen LogP contribution in [0.4, 0.5) is 0 Å². The molecule has 0 spiro atoms. The molecule has 16 heavy (non-hydrogen) atoms. The zero-order valence-corrected chi connectivity index (χ0v) is 9.86. The second-order valence-corrected chi connectivity index (χ2v) is 6.04. The minimum atomic E-state index is 0.931. The van der Waals surface area contributed by atoms with Crippen LogP contribution < -0.4 is 0 Å². The van der Waals surface area contributed by atoms with Crippen molar-refractivity contribution in [2.75, 3.05) is 0 Å². The van der Waals surface area contributed by atoms with E-state index in [0.717, 1.165) is 23.7 Å². The predicted octanol–water partition coefficient (Wildman–Crippen LogP) is 4.47. The Morgan fingerprint density at radius 2 is 1.31 bits per heavy atom. The summed E-state index contributed by atoms with van der Waals surface area (Å²) in [4.78, 5) is 0. The molecule has 0 radical (unpaired) electrons. The molecule has 0 nitrogen and oxygen atoms in total. The lowest BCUT2D eigenvalue weighted by atomic mass is 9.64. The number of benzene rings is 1. The lowest BCUT2D eigenvalue weighted by molar-refractivity contribution is 0.138. The molecule has 1 aromatic rings. The van der Waals surface area contributed by atoms with Crippen molar-refractivity contribution in [3.05, 3.63) is 35.4 Å². The first-order valence-corrected chi connectivity index (χ1v) is 7.04. The van der Waals surface area contributed by atoms with Crippen molar-refractivity contribution in [2.45, 2.75) is 50.4 Å². The van der Waals surface area contributed by atoms with Gasteiger partial charge in [0, 0.05) is 0 Å². The van der Waals surface area contributed by atoms with Crippen LogP contribution in [0.1, 0.15) is 61.5 Å². The van der Waals surface area contributed by atoms with Gasteiger partial charge >= 0.3 is 0 Å². The van der Waals surface area contributed by atoms with E-state index in [1.54, 1.807) is 11.1 Å². The van der Waals surface area contributed by atoms with E-state index in [0.29, 0.717) is 0 Å². The Kier molecular flexibility index (Phi) is 1.94. The second-order valence-electron chi connectivity index (χ2n) is 6.04. The molecule has 3 aliphatic carbocycles. The highest BCUT2D eigenvalue weighted by Gasteiger charge is 2.47. The maximum absolute atomic E-state index is 2.42. The first kappa shape index (κ1) is 9.27. The lowest BCUT2D eigenvalue weighted by Crippen LogP contribution is -2.30. The van der Waals surface area contributed by atoms with Crippen LogP contribution in [0.15, 0.2) is 24.3 Å². The summed E-state index contributed by atoms with van der Waals surface area (Å²) in [5, 5.41) is 0. The lowest BCUT2D eigenvalue weighted by Gasteiger charge is -2.41. The van der Waals surface area contributed by atoms with Gasteiger partial charge in [-0.1, -0.05) is 49.9 Å². The molecule has 0 bridgehead atoms.